The summed E-state index contributed by atoms with van der Waals surface area (Å²) >= 11 is 0. The molecular weight excluding hydrogens is 259 g/mol. The van der Waals surface area contributed by atoms with Gasteiger partial charge in [0.25, 0.3) is 0 Å². The highest BCUT2D eigenvalue weighted by Gasteiger charge is 2.47. The highest BCUT2D eigenvalue weighted by Crippen LogP contribution is 2.44. The fraction of sp³-hybridized carbons (Fsp3) is 0.188. The predicted octanol–water partition coefficient (Wildman–Crippen LogP) is 3.16. The Morgan fingerprint density at radius 2 is 1.85 bits per heavy atom. The molecule has 0 aliphatic carbocycles. The van der Waals surface area contributed by atoms with Gasteiger partial charge in [-0.2, -0.15) is 0 Å². The Hall–Kier alpha value is -2.20. The molecule has 0 spiro atoms. The smallest absolute Gasteiger partial charge is 0.194 e. The number of para-hydroxylation sites is 1. The van der Waals surface area contributed by atoms with Crippen LogP contribution in [0.4, 0.5) is 4.39 Å². The summed E-state index contributed by atoms with van der Waals surface area (Å²) in [7, 11) is 1.58. The minimum Gasteiger partial charge on any atom is -0.496 e. The van der Waals surface area contributed by atoms with Gasteiger partial charge < -0.3 is 9.47 Å². The Kier molecular flexibility index (Phi) is 3.24. The summed E-state index contributed by atoms with van der Waals surface area (Å²) in [5, 5.41) is 0. The van der Waals surface area contributed by atoms with E-state index in [-0.39, 0.29) is 17.7 Å². The van der Waals surface area contributed by atoms with Gasteiger partial charge in [0, 0.05) is 11.1 Å². The van der Waals surface area contributed by atoms with E-state index in [1.807, 2.05) is 24.3 Å². The molecule has 0 N–H and O–H groups in total. The third-order valence-electron chi connectivity index (χ3n) is 3.32. The zero-order valence-electron chi connectivity index (χ0n) is 10.9. The first-order chi connectivity index (χ1) is 9.70. The molecule has 0 amide bonds. The van der Waals surface area contributed by atoms with E-state index < -0.39 is 6.10 Å². The molecule has 1 heterocycles. The number of methoxy groups -OCH3 is 1. The predicted molar refractivity (Wildman–Crippen MR) is 71.3 cm³/mol. The SMILES string of the molecule is COc1ccccc1[C@H]1O[C@H]1C(=O)c1ccc(F)cc1. The standard InChI is InChI=1S/C16H13FO3/c1-19-13-5-3-2-4-12(13)15-16(20-15)14(18)10-6-8-11(17)9-7-10/h2-9,15-16H,1H3/t15-,16+/m1/s1. The maximum absolute atomic E-state index is 12.8. The number of ketones is 1. The van der Waals surface area contributed by atoms with E-state index in [2.05, 4.69) is 0 Å². The van der Waals surface area contributed by atoms with E-state index in [4.69, 9.17) is 9.47 Å². The average Bonchev–Trinajstić information content (AvgIpc) is 3.27. The van der Waals surface area contributed by atoms with Crippen molar-refractivity contribution in [3.8, 4) is 5.75 Å². The molecule has 0 aromatic heterocycles. The lowest BCUT2D eigenvalue weighted by atomic mass is 10.0. The maximum atomic E-state index is 12.8. The third kappa shape index (κ3) is 2.30. The summed E-state index contributed by atoms with van der Waals surface area (Å²) in [4.78, 5) is 12.2. The largest absolute Gasteiger partial charge is 0.496 e. The minimum atomic E-state index is -0.517. The van der Waals surface area contributed by atoms with Crippen LogP contribution in [-0.4, -0.2) is 19.0 Å². The lowest BCUT2D eigenvalue weighted by Gasteiger charge is -2.04. The van der Waals surface area contributed by atoms with Gasteiger partial charge in [-0.1, -0.05) is 18.2 Å². The van der Waals surface area contributed by atoms with Crippen LogP contribution in [0.15, 0.2) is 48.5 Å². The molecule has 102 valence electrons. The molecule has 0 radical (unpaired) electrons. The highest BCUT2D eigenvalue weighted by atomic mass is 19.1. The van der Waals surface area contributed by atoms with Crippen molar-refractivity contribution >= 4 is 5.78 Å². The van der Waals surface area contributed by atoms with Crippen LogP contribution < -0.4 is 4.74 Å². The Labute approximate surface area is 115 Å². The van der Waals surface area contributed by atoms with E-state index in [9.17, 15) is 9.18 Å². The van der Waals surface area contributed by atoms with E-state index in [1.54, 1.807) is 7.11 Å². The number of rotatable bonds is 4. The van der Waals surface area contributed by atoms with Crippen molar-refractivity contribution in [1.82, 2.24) is 0 Å². The fourth-order valence-corrected chi connectivity index (χ4v) is 2.23. The lowest BCUT2D eigenvalue weighted by molar-refractivity contribution is 0.0953. The van der Waals surface area contributed by atoms with Gasteiger partial charge in [-0.3, -0.25) is 4.79 Å². The van der Waals surface area contributed by atoms with E-state index in [1.165, 1.54) is 24.3 Å². The van der Waals surface area contributed by atoms with Crippen molar-refractivity contribution < 1.29 is 18.7 Å². The summed E-state index contributed by atoms with van der Waals surface area (Å²) in [6.45, 7) is 0. The van der Waals surface area contributed by atoms with Crippen molar-refractivity contribution in [1.29, 1.82) is 0 Å². The van der Waals surface area contributed by atoms with Crippen LogP contribution in [0.2, 0.25) is 0 Å². The molecule has 2 aromatic rings. The normalized spacial score (nSPS) is 20.5. The van der Waals surface area contributed by atoms with Crippen LogP contribution in [-0.2, 0) is 4.74 Å². The molecule has 0 unspecified atom stereocenters. The molecule has 20 heavy (non-hydrogen) atoms. The number of Topliss-reactive ketones (excluding diaryl/α,β-unsaturated/α-hetero) is 1. The second-order valence-electron chi connectivity index (χ2n) is 4.59. The molecule has 1 saturated heterocycles. The Bertz CT molecular complexity index is 636. The average molecular weight is 272 g/mol. The Morgan fingerprint density at radius 3 is 2.55 bits per heavy atom. The second-order valence-corrected chi connectivity index (χ2v) is 4.59. The number of halogens is 1. The Morgan fingerprint density at radius 1 is 1.15 bits per heavy atom. The maximum Gasteiger partial charge on any atom is 0.194 e. The molecule has 3 rings (SSSR count). The number of carbonyl (C=O) groups is 1. The molecule has 3 nitrogen and oxygen atoms in total. The van der Waals surface area contributed by atoms with Crippen LogP contribution >= 0.6 is 0 Å². The van der Waals surface area contributed by atoms with Crippen molar-refractivity contribution in [3.05, 3.63) is 65.5 Å². The molecule has 2 aromatic carbocycles. The number of epoxide rings is 1. The van der Waals surface area contributed by atoms with Gasteiger partial charge in [-0.25, -0.2) is 4.39 Å². The summed E-state index contributed by atoms with van der Waals surface area (Å²) in [5.41, 5.74) is 1.31. The van der Waals surface area contributed by atoms with Crippen molar-refractivity contribution in [2.24, 2.45) is 0 Å². The monoisotopic (exact) mass is 272 g/mol. The number of hydrogen-bond donors (Lipinski definition) is 0. The van der Waals surface area contributed by atoms with Gasteiger partial charge in [0.2, 0.25) is 0 Å². The van der Waals surface area contributed by atoms with E-state index >= 15 is 0 Å². The van der Waals surface area contributed by atoms with Gasteiger partial charge in [0.15, 0.2) is 11.9 Å². The fourth-order valence-electron chi connectivity index (χ4n) is 2.23. The summed E-state index contributed by atoms with van der Waals surface area (Å²) < 4.78 is 23.6. The summed E-state index contributed by atoms with van der Waals surface area (Å²) in [5.74, 6) is 0.201. The number of hydrogen-bond acceptors (Lipinski definition) is 3. The quantitative estimate of drug-likeness (QED) is 0.634. The van der Waals surface area contributed by atoms with Gasteiger partial charge in [-0.05, 0) is 30.3 Å². The molecule has 1 fully saturated rings. The van der Waals surface area contributed by atoms with Crippen LogP contribution in [0, 0.1) is 5.82 Å². The van der Waals surface area contributed by atoms with Crippen LogP contribution in [0.1, 0.15) is 22.0 Å². The zero-order chi connectivity index (χ0) is 14.1. The summed E-state index contributed by atoms with van der Waals surface area (Å²) in [6.07, 6.45) is -0.805. The zero-order valence-corrected chi connectivity index (χ0v) is 10.9. The van der Waals surface area contributed by atoms with Crippen LogP contribution in [0.25, 0.3) is 0 Å². The summed E-state index contributed by atoms with van der Waals surface area (Å²) in [6, 6.07) is 12.9. The highest BCUT2D eigenvalue weighted by molar-refractivity contribution is 6.01. The minimum absolute atomic E-state index is 0.138. The van der Waals surface area contributed by atoms with Gasteiger partial charge in [0.1, 0.15) is 17.7 Å². The van der Waals surface area contributed by atoms with Crippen LogP contribution in [0.5, 0.6) is 5.75 Å². The van der Waals surface area contributed by atoms with E-state index in [0.717, 1.165) is 5.56 Å². The number of carbonyl (C=O) groups excluding carboxylic acids is 1. The lowest BCUT2D eigenvalue weighted by Crippen LogP contribution is -2.08. The first-order valence-electron chi connectivity index (χ1n) is 6.29. The first-order valence-corrected chi connectivity index (χ1v) is 6.29. The van der Waals surface area contributed by atoms with E-state index in [0.29, 0.717) is 11.3 Å². The van der Waals surface area contributed by atoms with Crippen molar-refractivity contribution in [2.45, 2.75) is 12.2 Å². The molecule has 1 aliphatic rings. The molecule has 4 heteroatoms. The van der Waals surface area contributed by atoms with Crippen molar-refractivity contribution in [2.75, 3.05) is 7.11 Å². The van der Waals surface area contributed by atoms with Gasteiger partial charge in [-0.15, -0.1) is 0 Å². The number of benzene rings is 2. The topological polar surface area (TPSA) is 38.8 Å². The number of ether oxygens (including phenoxy) is 2. The van der Waals surface area contributed by atoms with Gasteiger partial charge in [0.05, 0.1) is 7.11 Å². The molecule has 2 atom stereocenters. The molecule has 1 aliphatic heterocycles. The second kappa shape index (κ2) is 5.06. The van der Waals surface area contributed by atoms with Crippen molar-refractivity contribution in [3.63, 3.8) is 0 Å². The van der Waals surface area contributed by atoms with Gasteiger partial charge >= 0.3 is 0 Å². The first kappa shape index (κ1) is 12.8. The molecule has 0 bridgehead atoms. The Balaban J connectivity index is 1.78. The molecular formula is C16H13FO3. The van der Waals surface area contributed by atoms with Crippen LogP contribution in [0.3, 0.4) is 0 Å². The molecule has 0 saturated carbocycles. The third-order valence-corrected chi connectivity index (χ3v) is 3.32.